The van der Waals surface area contributed by atoms with Gasteiger partial charge in [-0.15, -0.1) is 0 Å². The van der Waals surface area contributed by atoms with E-state index < -0.39 is 0 Å². The van der Waals surface area contributed by atoms with Crippen LogP contribution >= 0.6 is 11.8 Å². The second-order valence-corrected chi connectivity index (χ2v) is 5.50. The summed E-state index contributed by atoms with van der Waals surface area (Å²) < 4.78 is 0. The summed E-state index contributed by atoms with van der Waals surface area (Å²) in [5, 5.41) is 7.72. The molecular weight excluding hydrogens is 218 g/mol. The number of hydrogen-bond donors (Lipinski definition) is 2. The smallest absolute Gasteiger partial charge is 0.191 e. The van der Waals surface area contributed by atoms with Crippen LogP contribution in [0.3, 0.4) is 0 Å². The molecule has 0 aromatic carbocycles. The van der Waals surface area contributed by atoms with Crippen molar-refractivity contribution in [1.82, 2.24) is 10.6 Å². The van der Waals surface area contributed by atoms with Gasteiger partial charge in [-0.25, -0.2) is 0 Å². The Balaban J connectivity index is 2.23. The number of thioether (sulfide) groups is 1. The van der Waals surface area contributed by atoms with Crippen molar-refractivity contribution in [1.29, 1.82) is 0 Å². The van der Waals surface area contributed by atoms with Gasteiger partial charge in [-0.3, -0.25) is 4.99 Å². The van der Waals surface area contributed by atoms with Crippen molar-refractivity contribution in [3.05, 3.63) is 0 Å². The third-order valence-electron chi connectivity index (χ3n) is 3.11. The predicted molar refractivity (Wildman–Crippen MR) is 74.3 cm³/mol. The van der Waals surface area contributed by atoms with Gasteiger partial charge in [0.1, 0.15) is 0 Å². The number of unbranched alkanes of at least 4 members (excludes halogenated alkanes) is 1. The maximum atomic E-state index is 4.26. The average molecular weight is 243 g/mol. The first-order valence-corrected chi connectivity index (χ1v) is 7.59. The molecule has 0 aliphatic heterocycles. The Hall–Kier alpha value is -0.380. The Morgan fingerprint density at radius 2 is 2.25 bits per heavy atom. The van der Waals surface area contributed by atoms with Crippen molar-refractivity contribution in [2.75, 3.05) is 19.8 Å². The van der Waals surface area contributed by atoms with Crippen molar-refractivity contribution in [3.8, 4) is 0 Å². The van der Waals surface area contributed by atoms with E-state index in [9.17, 15) is 0 Å². The molecule has 2 unspecified atom stereocenters. The summed E-state index contributed by atoms with van der Waals surface area (Å²) >= 11 is 1.99. The lowest BCUT2D eigenvalue weighted by Gasteiger charge is -2.17. The summed E-state index contributed by atoms with van der Waals surface area (Å²) in [5.41, 5.74) is 0. The summed E-state index contributed by atoms with van der Waals surface area (Å²) in [6, 6.07) is 0.616. The van der Waals surface area contributed by atoms with Crippen LogP contribution in [-0.4, -0.2) is 37.1 Å². The van der Waals surface area contributed by atoms with Crippen LogP contribution in [0.25, 0.3) is 0 Å². The zero-order valence-electron chi connectivity index (χ0n) is 10.8. The molecular formula is C12H25N3S. The lowest BCUT2D eigenvalue weighted by atomic mass is 10.2. The molecule has 0 saturated heterocycles. The fourth-order valence-electron chi connectivity index (χ4n) is 2.06. The Labute approximate surface area is 104 Å². The molecule has 1 fully saturated rings. The summed E-state index contributed by atoms with van der Waals surface area (Å²) in [6.45, 7) is 3.23. The maximum absolute atomic E-state index is 4.26. The normalized spacial score (nSPS) is 25.8. The molecule has 0 heterocycles. The number of rotatable bonds is 5. The van der Waals surface area contributed by atoms with Gasteiger partial charge in [0, 0.05) is 24.9 Å². The van der Waals surface area contributed by atoms with Crippen LogP contribution in [0.15, 0.2) is 4.99 Å². The van der Waals surface area contributed by atoms with Crippen molar-refractivity contribution in [2.24, 2.45) is 4.99 Å². The second kappa shape index (κ2) is 7.82. The Kier molecular flexibility index (Phi) is 6.69. The highest BCUT2D eigenvalue weighted by Crippen LogP contribution is 2.27. The zero-order chi connectivity index (χ0) is 11.8. The molecule has 1 rings (SSSR count). The lowest BCUT2D eigenvalue weighted by Crippen LogP contribution is -2.42. The van der Waals surface area contributed by atoms with E-state index in [-0.39, 0.29) is 0 Å². The van der Waals surface area contributed by atoms with Crippen molar-refractivity contribution in [3.63, 3.8) is 0 Å². The van der Waals surface area contributed by atoms with E-state index in [1.807, 2.05) is 18.8 Å². The van der Waals surface area contributed by atoms with Crippen molar-refractivity contribution < 1.29 is 0 Å². The summed E-state index contributed by atoms with van der Waals surface area (Å²) in [6.07, 6.45) is 8.53. The summed E-state index contributed by atoms with van der Waals surface area (Å²) in [7, 11) is 1.85. The van der Waals surface area contributed by atoms with Crippen molar-refractivity contribution >= 4 is 17.7 Å². The van der Waals surface area contributed by atoms with Gasteiger partial charge in [0.25, 0.3) is 0 Å². The molecule has 2 atom stereocenters. The molecule has 0 aromatic heterocycles. The molecule has 0 radical (unpaired) electrons. The van der Waals surface area contributed by atoms with E-state index in [2.05, 4.69) is 28.8 Å². The quantitative estimate of drug-likeness (QED) is 0.442. The minimum atomic E-state index is 0.616. The van der Waals surface area contributed by atoms with Crippen LogP contribution in [0.2, 0.25) is 0 Å². The average Bonchev–Trinajstić information content (AvgIpc) is 2.75. The SMILES string of the molecule is CCCCNC(=NC)NC1CCC(SC)C1. The molecule has 0 aromatic rings. The molecule has 3 nitrogen and oxygen atoms in total. The van der Waals surface area contributed by atoms with Gasteiger partial charge < -0.3 is 10.6 Å². The minimum Gasteiger partial charge on any atom is -0.356 e. The largest absolute Gasteiger partial charge is 0.356 e. The predicted octanol–water partition coefficient (Wildman–Crippen LogP) is 2.24. The number of guanidine groups is 1. The van der Waals surface area contributed by atoms with Crippen LogP contribution < -0.4 is 10.6 Å². The van der Waals surface area contributed by atoms with Gasteiger partial charge in [-0.2, -0.15) is 11.8 Å². The Bertz CT molecular complexity index is 218. The number of hydrogen-bond acceptors (Lipinski definition) is 2. The molecule has 1 aliphatic rings. The molecule has 0 spiro atoms. The van der Waals surface area contributed by atoms with Gasteiger partial charge >= 0.3 is 0 Å². The molecule has 4 heteroatoms. The highest BCUT2D eigenvalue weighted by Gasteiger charge is 2.24. The fourth-order valence-corrected chi connectivity index (χ4v) is 2.85. The van der Waals surface area contributed by atoms with Gasteiger partial charge in [0.05, 0.1) is 0 Å². The molecule has 0 amide bonds. The van der Waals surface area contributed by atoms with Gasteiger partial charge in [0.2, 0.25) is 0 Å². The van der Waals surface area contributed by atoms with Crippen molar-refractivity contribution in [2.45, 2.75) is 50.3 Å². The third kappa shape index (κ3) is 4.64. The Morgan fingerprint density at radius 1 is 1.44 bits per heavy atom. The standard InChI is InChI=1S/C12H25N3S/c1-4-5-8-14-12(13-2)15-10-6-7-11(9-10)16-3/h10-11H,4-9H2,1-3H3,(H2,13,14,15). The third-order valence-corrected chi connectivity index (χ3v) is 4.20. The van der Waals surface area contributed by atoms with E-state index >= 15 is 0 Å². The number of nitrogens with one attached hydrogen (secondary N) is 2. The van der Waals surface area contributed by atoms with E-state index in [0.717, 1.165) is 17.8 Å². The van der Waals surface area contributed by atoms with E-state index in [0.29, 0.717) is 6.04 Å². The molecule has 1 aliphatic carbocycles. The van der Waals surface area contributed by atoms with Gasteiger partial charge in [-0.1, -0.05) is 13.3 Å². The van der Waals surface area contributed by atoms with Crippen LogP contribution in [-0.2, 0) is 0 Å². The summed E-state index contributed by atoms with van der Waals surface area (Å²) in [4.78, 5) is 4.26. The van der Waals surface area contributed by atoms with Crippen LogP contribution in [0.4, 0.5) is 0 Å². The van der Waals surface area contributed by atoms with E-state index in [1.165, 1.54) is 32.1 Å². The zero-order valence-corrected chi connectivity index (χ0v) is 11.6. The molecule has 1 saturated carbocycles. The second-order valence-electron chi connectivity index (χ2n) is 4.36. The first-order valence-electron chi connectivity index (χ1n) is 6.30. The maximum Gasteiger partial charge on any atom is 0.191 e. The number of nitrogens with zero attached hydrogens (tertiary/aromatic N) is 1. The van der Waals surface area contributed by atoms with Crippen LogP contribution in [0, 0.1) is 0 Å². The van der Waals surface area contributed by atoms with E-state index in [4.69, 9.17) is 0 Å². The lowest BCUT2D eigenvalue weighted by molar-refractivity contribution is 0.610. The first kappa shape index (κ1) is 13.7. The van der Waals surface area contributed by atoms with E-state index in [1.54, 1.807) is 0 Å². The fraction of sp³-hybridized carbons (Fsp3) is 0.917. The molecule has 16 heavy (non-hydrogen) atoms. The highest BCUT2D eigenvalue weighted by molar-refractivity contribution is 7.99. The molecule has 2 N–H and O–H groups in total. The van der Waals surface area contributed by atoms with Gasteiger partial charge in [-0.05, 0) is 31.9 Å². The van der Waals surface area contributed by atoms with Crippen LogP contribution in [0.1, 0.15) is 39.0 Å². The minimum absolute atomic E-state index is 0.616. The Morgan fingerprint density at radius 3 is 2.81 bits per heavy atom. The monoisotopic (exact) mass is 243 g/mol. The summed E-state index contributed by atoms with van der Waals surface area (Å²) in [5.74, 6) is 0.972. The topological polar surface area (TPSA) is 36.4 Å². The molecule has 94 valence electrons. The van der Waals surface area contributed by atoms with Gasteiger partial charge in [0.15, 0.2) is 5.96 Å². The molecule has 0 bridgehead atoms. The highest BCUT2D eigenvalue weighted by atomic mass is 32.2. The number of aliphatic imine (C=N–C) groups is 1. The first-order chi connectivity index (χ1) is 7.80. The van der Waals surface area contributed by atoms with Crippen LogP contribution in [0.5, 0.6) is 0 Å².